The third-order valence-corrected chi connectivity index (χ3v) is 3.71. The quantitative estimate of drug-likeness (QED) is 0.671. The highest BCUT2D eigenvalue weighted by Gasteiger charge is 2.13. The molecule has 0 radical (unpaired) electrons. The van der Waals surface area contributed by atoms with Gasteiger partial charge in [-0.05, 0) is 56.3 Å². The Morgan fingerprint density at radius 1 is 1.08 bits per heavy atom. The molecule has 0 bridgehead atoms. The lowest BCUT2D eigenvalue weighted by molar-refractivity contribution is 0.0955. The third kappa shape index (κ3) is 4.09. The maximum Gasteiger partial charge on any atom is 0.271 e. The van der Waals surface area contributed by atoms with Crippen molar-refractivity contribution in [2.45, 2.75) is 13.8 Å². The number of amides is 1. The van der Waals surface area contributed by atoms with Gasteiger partial charge in [0.1, 0.15) is 19.0 Å². The monoisotopic (exact) mass is 340 g/mol. The van der Waals surface area contributed by atoms with Crippen LogP contribution in [0.4, 0.5) is 0 Å². The lowest BCUT2D eigenvalue weighted by Gasteiger charge is -2.18. The van der Waals surface area contributed by atoms with Crippen LogP contribution in [0.2, 0.25) is 0 Å². The lowest BCUT2D eigenvalue weighted by atomic mass is 10.1. The molecule has 6 nitrogen and oxygen atoms in total. The average molecular weight is 340 g/mol. The number of rotatable bonds is 5. The molecule has 130 valence electrons. The summed E-state index contributed by atoms with van der Waals surface area (Å²) in [7, 11) is 0. The van der Waals surface area contributed by atoms with Crippen molar-refractivity contribution >= 4 is 11.6 Å². The van der Waals surface area contributed by atoms with Crippen LogP contribution in [0, 0.1) is 0 Å². The summed E-state index contributed by atoms with van der Waals surface area (Å²) >= 11 is 0. The van der Waals surface area contributed by atoms with Crippen LogP contribution in [-0.2, 0) is 0 Å². The number of fused-ring (bicyclic) bond motifs is 1. The van der Waals surface area contributed by atoms with Crippen molar-refractivity contribution in [3.63, 3.8) is 0 Å². The molecule has 25 heavy (non-hydrogen) atoms. The van der Waals surface area contributed by atoms with Gasteiger partial charge in [-0.3, -0.25) is 4.79 Å². The summed E-state index contributed by atoms with van der Waals surface area (Å²) in [6, 6.07) is 12.5. The summed E-state index contributed by atoms with van der Waals surface area (Å²) in [5, 5.41) is 4.17. The minimum Gasteiger partial charge on any atom is -0.494 e. The fourth-order valence-electron chi connectivity index (χ4n) is 2.40. The second-order valence-corrected chi connectivity index (χ2v) is 5.45. The summed E-state index contributed by atoms with van der Waals surface area (Å²) < 4.78 is 16.4. The van der Waals surface area contributed by atoms with Crippen LogP contribution in [0.25, 0.3) is 0 Å². The van der Waals surface area contributed by atoms with Crippen LogP contribution < -0.4 is 19.6 Å². The maximum atomic E-state index is 12.2. The minimum atomic E-state index is -0.278. The van der Waals surface area contributed by atoms with E-state index in [1.54, 1.807) is 24.3 Å². The third-order valence-electron chi connectivity index (χ3n) is 3.71. The van der Waals surface area contributed by atoms with E-state index in [0.717, 1.165) is 17.1 Å². The van der Waals surface area contributed by atoms with E-state index >= 15 is 0 Å². The number of nitrogens with one attached hydrogen (secondary N) is 1. The van der Waals surface area contributed by atoms with Gasteiger partial charge in [-0.15, -0.1) is 0 Å². The number of benzene rings is 2. The molecule has 0 aromatic heterocycles. The molecular weight excluding hydrogens is 320 g/mol. The highest BCUT2D eigenvalue weighted by molar-refractivity contribution is 6.01. The van der Waals surface area contributed by atoms with E-state index in [-0.39, 0.29) is 5.91 Å². The molecule has 1 N–H and O–H groups in total. The average Bonchev–Trinajstić information content (AvgIpc) is 2.66. The standard InChI is InChI=1S/C19H20N2O4/c1-3-23-16-7-4-14(5-8-16)19(22)21-20-13(2)15-6-9-17-18(12-15)25-11-10-24-17/h4-9,12H,3,10-11H2,1-2H3,(H,21,22)/b20-13-. The van der Waals surface area contributed by atoms with Gasteiger partial charge in [0.05, 0.1) is 12.3 Å². The van der Waals surface area contributed by atoms with E-state index in [0.29, 0.717) is 36.8 Å². The molecule has 0 unspecified atom stereocenters. The molecule has 2 aromatic carbocycles. The van der Waals surface area contributed by atoms with E-state index < -0.39 is 0 Å². The first-order valence-corrected chi connectivity index (χ1v) is 8.15. The topological polar surface area (TPSA) is 69.2 Å². The number of carbonyl (C=O) groups is 1. The van der Waals surface area contributed by atoms with Gasteiger partial charge in [-0.2, -0.15) is 5.10 Å². The zero-order valence-corrected chi connectivity index (χ0v) is 14.2. The normalized spacial score (nSPS) is 13.3. The van der Waals surface area contributed by atoms with Gasteiger partial charge in [-0.25, -0.2) is 5.43 Å². The SMILES string of the molecule is CCOc1ccc(C(=O)N/N=C(/C)c2ccc3c(c2)OCCO3)cc1. The zero-order chi connectivity index (χ0) is 17.6. The Bertz CT molecular complexity index is 785. The fraction of sp³-hybridized carbons (Fsp3) is 0.263. The van der Waals surface area contributed by atoms with Crippen molar-refractivity contribution in [1.82, 2.24) is 5.43 Å². The van der Waals surface area contributed by atoms with Crippen LogP contribution in [0.1, 0.15) is 29.8 Å². The summed E-state index contributed by atoms with van der Waals surface area (Å²) in [5.41, 5.74) is 4.62. The second-order valence-electron chi connectivity index (χ2n) is 5.45. The van der Waals surface area contributed by atoms with Gasteiger partial charge in [0.2, 0.25) is 0 Å². The molecule has 0 atom stereocenters. The van der Waals surface area contributed by atoms with E-state index in [9.17, 15) is 4.79 Å². The first kappa shape index (κ1) is 16.8. The predicted molar refractivity (Wildman–Crippen MR) is 94.7 cm³/mol. The molecule has 1 aliphatic rings. The van der Waals surface area contributed by atoms with Crippen molar-refractivity contribution < 1.29 is 19.0 Å². The molecule has 6 heteroatoms. The highest BCUT2D eigenvalue weighted by Crippen LogP contribution is 2.30. The Hall–Kier alpha value is -3.02. The molecular formula is C19H20N2O4. The molecule has 0 fully saturated rings. The van der Waals surface area contributed by atoms with Gasteiger partial charge >= 0.3 is 0 Å². The number of nitrogens with zero attached hydrogens (tertiary/aromatic N) is 1. The van der Waals surface area contributed by atoms with Gasteiger partial charge < -0.3 is 14.2 Å². The van der Waals surface area contributed by atoms with E-state index in [1.807, 2.05) is 32.0 Å². The largest absolute Gasteiger partial charge is 0.494 e. The van der Waals surface area contributed by atoms with Crippen molar-refractivity contribution in [2.75, 3.05) is 19.8 Å². The summed E-state index contributed by atoms with van der Waals surface area (Å²) in [4.78, 5) is 12.2. The summed E-state index contributed by atoms with van der Waals surface area (Å²) in [6.07, 6.45) is 0. The molecule has 0 spiro atoms. The smallest absolute Gasteiger partial charge is 0.271 e. The summed E-state index contributed by atoms with van der Waals surface area (Å²) in [6.45, 7) is 5.41. The van der Waals surface area contributed by atoms with Crippen molar-refractivity contribution in [3.05, 3.63) is 53.6 Å². The van der Waals surface area contributed by atoms with Crippen molar-refractivity contribution in [3.8, 4) is 17.2 Å². The molecule has 1 amide bonds. The van der Waals surface area contributed by atoms with E-state index in [1.165, 1.54) is 0 Å². The molecule has 0 saturated carbocycles. The predicted octanol–water partition coefficient (Wildman–Crippen LogP) is 3.01. The maximum absolute atomic E-state index is 12.2. The van der Waals surface area contributed by atoms with Crippen LogP contribution in [-0.4, -0.2) is 31.4 Å². The van der Waals surface area contributed by atoms with Crippen LogP contribution in [0.5, 0.6) is 17.2 Å². The molecule has 3 rings (SSSR count). The summed E-state index contributed by atoms with van der Waals surface area (Å²) in [5.74, 6) is 1.87. The zero-order valence-electron chi connectivity index (χ0n) is 14.2. The van der Waals surface area contributed by atoms with Gasteiger partial charge in [0.25, 0.3) is 5.91 Å². The van der Waals surface area contributed by atoms with Crippen LogP contribution in [0.15, 0.2) is 47.6 Å². The number of ether oxygens (including phenoxy) is 3. The lowest BCUT2D eigenvalue weighted by Crippen LogP contribution is -2.19. The molecule has 2 aromatic rings. The first-order valence-electron chi connectivity index (χ1n) is 8.15. The van der Waals surface area contributed by atoms with Gasteiger partial charge in [-0.1, -0.05) is 0 Å². The number of carbonyl (C=O) groups excluding carboxylic acids is 1. The van der Waals surface area contributed by atoms with Crippen molar-refractivity contribution in [2.24, 2.45) is 5.10 Å². The second kappa shape index (κ2) is 7.70. The fourth-order valence-corrected chi connectivity index (χ4v) is 2.40. The molecule has 1 aliphatic heterocycles. The van der Waals surface area contributed by atoms with Crippen LogP contribution in [0.3, 0.4) is 0 Å². The molecule has 0 saturated heterocycles. The Balaban J connectivity index is 1.67. The number of hydrogen-bond donors (Lipinski definition) is 1. The highest BCUT2D eigenvalue weighted by atomic mass is 16.6. The van der Waals surface area contributed by atoms with Crippen molar-refractivity contribution in [1.29, 1.82) is 0 Å². The van der Waals surface area contributed by atoms with E-state index in [4.69, 9.17) is 14.2 Å². The first-order chi connectivity index (χ1) is 12.2. The minimum absolute atomic E-state index is 0.278. The number of hydrazone groups is 1. The Labute approximate surface area is 146 Å². The van der Waals surface area contributed by atoms with Gasteiger partial charge in [0.15, 0.2) is 11.5 Å². The van der Waals surface area contributed by atoms with Gasteiger partial charge in [0, 0.05) is 11.1 Å². The van der Waals surface area contributed by atoms with Crippen LogP contribution >= 0.6 is 0 Å². The number of hydrogen-bond acceptors (Lipinski definition) is 5. The Morgan fingerprint density at radius 2 is 1.76 bits per heavy atom. The molecule has 0 aliphatic carbocycles. The Kier molecular flexibility index (Phi) is 5.18. The van der Waals surface area contributed by atoms with E-state index in [2.05, 4.69) is 10.5 Å². The Morgan fingerprint density at radius 3 is 2.48 bits per heavy atom. The molecule has 1 heterocycles.